The minimum atomic E-state index is -0.958. The summed E-state index contributed by atoms with van der Waals surface area (Å²) in [6.07, 6.45) is 3.09. The summed E-state index contributed by atoms with van der Waals surface area (Å²) in [6, 6.07) is 2.95. The quantitative estimate of drug-likeness (QED) is 0.834. The van der Waals surface area contributed by atoms with E-state index in [1.165, 1.54) is 23.4 Å². The first-order valence-electron chi connectivity index (χ1n) is 6.69. The van der Waals surface area contributed by atoms with Gasteiger partial charge in [-0.1, -0.05) is 18.2 Å². The maximum absolute atomic E-state index is 13.3. The summed E-state index contributed by atoms with van der Waals surface area (Å²) in [5, 5.41) is 6.65. The number of aryl methyl sites for hydroxylation is 1. The Morgan fingerprint density at radius 2 is 2.18 bits per heavy atom. The molecule has 0 spiro atoms. The topological polar surface area (TPSA) is 59.8 Å². The van der Waals surface area contributed by atoms with Gasteiger partial charge in [0.2, 0.25) is 5.91 Å². The third kappa shape index (κ3) is 3.97. The van der Waals surface area contributed by atoms with Crippen LogP contribution in [0.4, 0.5) is 8.78 Å². The Kier molecular flexibility index (Phi) is 4.98. The summed E-state index contributed by atoms with van der Waals surface area (Å²) in [5.41, 5.74) is 1.07. The van der Waals surface area contributed by atoms with Gasteiger partial charge in [-0.25, -0.2) is 13.8 Å². The number of nitrogens with one attached hydrogen (secondary N) is 1. The summed E-state index contributed by atoms with van der Waals surface area (Å²) in [7, 11) is 0. The van der Waals surface area contributed by atoms with Gasteiger partial charge in [0.25, 0.3) is 0 Å². The zero-order valence-electron chi connectivity index (χ0n) is 12.1. The number of carbonyl (C=O) groups excluding carboxylic acids is 1. The highest BCUT2D eigenvalue weighted by Crippen LogP contribution is 2.22. The largest absolute Gasteiger partial charge is 0.345 e. The highest BCUT2D eigenvalue weighted by Gasteiger charge is 2.17. The van der Waals surface area contributed by atoms with Gasteiger partial charge >= 0.3 is 0 Å². The van der Waals surface area contributed by atoms with Crippen molar-refractivity contribution in [1.29, 1.82) is 0 Å². The van der Waals surface area contributed by atoms with E-state index in [1.807, 2.05) is 0 Å². The zero-order valence-corrected chi connectivity index (χ0v) is 12.1. The number of aromatic nitrogens is 3. The van der Waals surface area contributed by atoms with E-state index >= 15 is 0 Å². The van der Waals surface area contributed by atoms with Crippen LogP contribution in [0.5, 0.6) is 0 Å². The first-order valence-corrected chi connectivity index (χ1v) is 6.69. The van der Waals surface area contributed by atoms with Crippen molar-refractivity contribution in [3.05, 3.63) is 60.2 Å². The molecule has 1 atom stereocenters. The molecule has 5 nitrogen and oxygen atoms in total. The molecule has 116 valence electrons. The van der Waals surface area contributed by atoms with Crippen molar-refractivity contribution in [2.24, 2.45) is 0 Å². The van der Waals surface area contributed by atoms with E-state index in [1.54, 1.807) is 6.92 Å². The van der Waals surface area contributed by atoms with Gasteiger partial charge in [-0.2, -0.15) is 5.10 Å². The number of carbonyl (C=O) groups is 1. The summed E-state index contributed by atoms with van der Waals surface area (Å²) in [6.45, 7) is 5.88. The highest BCUT2D eigenvalue weighted by atomic mass is 19.2. The predicted molar refractivity (Wildman–Crippen MR) is 76.7 cm³/mol. The van der Waals surface area contributed by atoms with E-state index < -0.39 is 17.7 Å². The van der Waals surface area contributed by atoms with E-state index in [-0.39, 0.29) is 12.3 Å². The summed E-state index contributed by atoms with van der Waals surface area (Å²) >= 11 is 0. The van der Waals surface area contributed by atoms with Crippen molar-refractivity contribution in [3.63, 3.8) is 0 Å². The van der Waals surface area contributed by atoms with Crippen LogP contribution in [0.1, 0.15) is 24.9 Å². The van der Waals surface area contributed by atoms with Crippen LogP contribution in [0.3, 0.4) is 0 Å². The van der Waals surface area contributed by atoms with Gasteiger partial charge in [-0.3, -0.25) is 9.48 Å². The molecule has 2 rings (SSSR count). The average molecular weight is 306 g/mol. The number of rotatable bonds is 6. The number of halogens is 2. The van der Waals surface area contributed by atoms with Crippen LogP contribution >= 0.6 is 0 Å². The van der Waals surface area contributed by atoms with Crippen LogP contribution in [-0.4, -0.2) is 20.7 Å². The predicted octanol–water partition coefficient (Wildman–Crippen LogP) is 2.38. The number of amides is 1. The molecule has 0 aliphatic heterocycles. The van der Waals surface area contributed by atoms with Gasteiger partial charge in [0.15, 0.2) is 11.6 Å². The fraction of sp³-hybridized carbons (Fsp3) is 0.267. The second-order valence-corrected chi connectivity index (χ2v) is 4.93. The number of hydrogen-bond acceptors (Lipinski definition) is 3. The first kappa shape index (κ1) is 15.8. The second-order valence-electron chi connectivity index (χ2n) is 4.93. The molecule has 0 saturated carbocycles. The SMILES string of the molecule is C=C(C)C(NC(=O)CCn1cncn1)c1ccc(F)c(F)c1. The van der Waals surface area contributed by atoms with Crippen LogP contribution in [0, 0.1) is 11.6 Å². The highest BCUT2D eigenvalue weighted by molar-refractivity contribution is 5.76. The maximum atomic E-state index is 13.3. The van der Waals surface area contributed by atoms with Gasteiger partial charge in [0.05, 0.1) is 12.6 Å². The molecule has 1 N–H and O–H groups in total. The molecule has 0 fully saturated rings. The van der Waals surface area contributed by atoms with Crippen molar-refractivity contribution in [2.45, 2.75) is 25.9 Å². The molecule has 0 saturated heterocycles. The monoisotopic (exact) mass is 306 g/mol. The Morgan fingerprint density at radius 1 is 1.41 bits per heavy atom. The van der Waals surface area contributed by atoms with Crippen LogP contribution < -0.4 is 5.32 Å². The number of hydrogen-bond donors (Lipinski definition) is 1. The van der Waals surface area contributed by atoms with E-state index in [0.717, 1.165) is 12.1 Å². The molecule has 0 radical (unpaired) electrons. The third-order valence-electron chi connectivity index (χ3n) is 3.11. The van der Waals surface area contributed by atoms with Gasteiger partial charge in [0, 0.05) is 6.42 Å². The van der Waals surface area contributed by atoms with Gasteiger partial charge in [-0.15, -0.1) is 0 Å². The molecule has 1 unspecified atom stereocenters. The lowest BCUT2D eigenvalue weighted by atomic mass is 10.0. The fourth-order valence-electron chi connectivity index (χ4n) is 1.98. The first-order chi connectivity index (χ1) is 10.5. The molecule has 22 heavy (non-hydrogen) atoms. The van der Waals surface area contributed by atoms with Crippen molar-refractivity contribution < 1.29 is 13.6 Å². The molecule has 2 aromatic rings. The van der Waals surface area contributed by atoms with Crippen molar-refractivity contribution in [1.82, 2.24) is 20.1 Å². The third-order valence-corrected chi connectivity index (χ3v) is 3.11. The zero-order chi connectivity index (χ0) is 16.1. The lowest BCUT2D eigenvalue weighted by Gasteiger charge is -2.19. The molecule has 0 aliphatic carbocycles. The van der Waals surface area contributed by atoms with Gasteiger partial charge in [0.1, 0.15) is 12.7 Å². The molecule has 1 aromatic heterocycles. The molecule has 0 aliphatic rings. The Labute approximate surface area is 126 Å². The molecule has 1 amide bonds. The summed E-state index contributed by atoms with van der Waals surface area (Å²) < 4.78 is 27.9. The normalized spacial score (nSPS) is 12.0. The Bertz CT molecular complexity index is 670. The number of nitrogens with zero attached hydrogens (tertiary/aromatic N) is 3. The molecular formula is C15H16F2N4O. The second kappa shape index (κ2) is 6.93. The minimum absolute atomic E-state index is 0.191. The van der Waals surface area contributed by atoms with Crippen LogP contribution in [0.25, 0.3) is 0 Å². The minimum Gasteiger partial charge on any atom is -0.345 e. The van der Waals surface area contributed by atoms with E-state index in [2.05, 4.69) is 22.0 Å². The standard InChI is InChI=1S/C15H16F2N4O/c1-10(2)15(11-3-4-12(16)13(17)7-11)20-14(22)5-6-21-9-18-8-19-21/h3-4,7-9,15H,1,5-6H2,2H3,(H,20,22). The van der Waals surface area contributed by atoms with E-state index in [9.17, 15) is 13.6 Å². The molecular weight excluding hydrogens is 290 g/mol. The lowest BCUT2D eigenvalue weighted by molar-refractivity contribution is -0.121. The van der Waals surface area contributed by atoms with Crippen molar-refractivity contribution >= 4 is 5.91 Å². The molecule has 0 bridgehead atoms. The smallest absolute Gasteiger partial charge is 0.222 e. The van der Waals surface area contributed by atoms with E-state index in [4.69, 9.17) is 0 Å². The Balaban J connectivity index is 2.03. The molecule has 1 aromatic carbocycles. The van der Waals surface area contributed by atoms with Crippen LogP contribution in [-0.2, 0) is 11.3 Å². The van der Waals surface area contributed by atoms with Crippen molar-refractivity contribution in [3.8, 4) is 0 Å². The Hall–Kier alpha value is -2.57. The molecule has 1 heterocycles. The Morgan fingerprint density at radius 3 is 2.77 bits per heavy atom. The van der Waals surface area contributed by atoms with Crippen LogP contribution in [0.15, 0.2) is 43.0 Å². The average Bonchev–Trinajstić information content (AvgIpc) is 2.98. The number of benzene rings is 1. The lowest BCUT2D eigenvalue weighted by Crippen LogP contribution is -2.30. The maximum Gasteiger partial charge on any atom is 0.222 e. The van der Waals surface area contributed by atoms with Crippen molar-refractivity contribution in [2.75, 3.05) is 0 Å². The fourth-order valence-corrected chi connectivity index (χ4v) is 1.98. The molecule has 7 heteroatoms. The van der Waals surface area contributed by atoms with Gasteiger partial charge < -0.3 is 5.32 Å². The van der Waals surface area contributed by atoms with Crippen LogP contribution in [0.2, 0.25) is 0 Å². The van der Waals surface area contributed by atoms with Gasteiger partial charge in [-0.05, 0) is 24.6 Å². The van der Waals surface area contributed by atoms with E-state index in [0.29, 0.717) is 17.7 Å². The summed E-state index contributed by atoms with van der Waals surface area (Å²) in [4.78, 5) is 15.8. The summed E-state index contributed by atoms with van der Waals surface area (Å²) in [5.74, 6) is -2.13.